The molecule has 1 aliphatic heterocycles. The molecule has 1 saturated heterocycles. The second kappa shape index (κ2) is 4.94. The molecular formula is C11H12O2S2. The molecular weight excluding hydrogens is 228 g/mol. The second-order valence-electron chi connectivity index (χ2n) is 3.19. The first-order chi connectivity index (χ1) is 7.31. The van der Waals surface area contributed by atoms with Crippen molar-refractivity contribution in [2.24, 2.45) is 0 Å². The summed E-state index contributed by atoms with van der Waals surface area (Å²) >= 11 is 3.92. The second-order valence-corrected chi connectivity index (χ2v) is 5.91. The summed E-state index contributed by atoms with van der Waals surface area (Å²) in [5.41, 5.74) is 1.91. The van der Waals surface area contributed by atoms with Gasteiger partial charge in [0.15, 0.2) is 0 Å². The zero-order valence-corrected chi connectivity index (χ0v) is 10.1. The van der Waals surface area contributed by atoms with Gasteiger partial charge in [0, 0.05) is 11.5 Å². The van der Waals surface area contributed by atoms with Crippen LogP contribution in [0, 0.1) is 0 Å². The maximum Gasteiger partial charge on any atom is 0.337 e. The van der Waals surface area contributed by atoms with Gasteiger partial charge in [0.25, 0.3) is 0 Å². The van der Waals surface area contributed by atoms with E-state index in [1.807, 2.05) is 47.8 Å². The van der Waals surface area contributed by atoms with Gasteiger partial charge in [-0.05, 0) is 17.7 Å². The van der Waals surface area contributed by atoms with Crippen molar-refractivity contribution in [1.82, 2.24) is 0 Å². The zero-order valence-electron chi connectivity index (χ0n) is 8.43. The number of hydrogen-bond acceptors (Lipinski definition) is 4. The highest BCUT2D eigenvalue weighted by Crippen LogP contribution is 2.45. The summed E-state index contributed by atoms with van der Waals surface area (Å²) in [6.45, 7) is 0. The monoisotopic (exact) mass is 240 g/mol. The summed E-state index contributed by atoms with van der Waals surface area (Å²) in [4.78, 5) is 11.2. The van der Waals surface area contributed by atoms with E-state index in [1.54, 1.807) is 0 Å². The van der Waals surface area contributed by atoms with E-state index in [0.29, 0.717) is 10.1 Å². The minimum Gasteiger partial charge on any atom is -0.465 e. The molecule has 0 aromatic heterocycles. The van der Waals surface area contributed by atoms with Crippen LogP contribution in [-0.2, 0) is 4.74 Å². The number of thioether (sulfide) groups is 2. The topological polar surface area (TPSA) is 26.3 Å². The molecule has 0 spiro atoms. The van der Waals surface area contributed by atoms with E-state index in [9.17, 15) is 4.79 Å². The summed E-state index contributed by atoms with van der Waals surface area (Å²) in [6.07, 6.45) is 0. The number of carbonyl (C=O) groups excluding carboxylic acids is 1. The van der Waals surface area contributed by atoms with Gasteiger partial charge in [0.2, 0.25) is 0 Å². The van der Waals surface area contributed by atoms with Gasteiger partial charge in [0.1, 0.15) is 0 Å². The van der Waals surface area contributed by atoms with Crippen LogP contribution in [-0.4, -0.2) is 24.6 Å². The van der Waals surface area contributed by atoms with Crippen molar-refractivity contribution in [3.8, 4) is 0 Å². The average Bonchev–Trinajstić information content (AvgIpc) is 2.82. The lowest BCUT2D eigenvalue weighted by atomic mass is 10.1. The lowest BCUT2D eigenvalue weighted by molar-refractivity contribution is 0.0601. The normalized spacial score (nSPS) is 16.6. The van der Waals surface area contributed by atoms with Crippen LogP contribution < -0.4 is 0 Å². The smallest absolute Gasteiger partial charge is 0.337 e. The number of benzene rings is 1. The third kappa shape index (κ3) is 2.49. The molecule has 0 unspecified atom stereocenters. The lowest BCUT2D eigenvalue weighted by Gasteiger charge is -2.08. The van der Waals surface area contributed by atoms with Gasteiger partial charge in [0.05, 0.1) is 17.3 Å². The van der Waals surface area contributed by atoms with Crippen molar-refractivity contribution in [2.75, 3.05) is 18.6 Å². The van der Waals surface area contributed by atoms with Crippen LogP contribution in [0.5, 0.6) is 0 Å². The highest BCUT2D eigenvalue weighted by Gasteiger charge is 2.18. The lowest BCUT2D eigenvalue weighted by Crippen LogP contribution is -2.00. The first-order valence-electron chi connectivity index (χ1n) is 4.73. The van der Waals surface area contributed by atoms with Gasteiger partial charge >= 0.3 is 5.97 Å². The SMILES string of the molecule is COC(=O)c1ccc(C2SCCS2)cc1. The molecule has 15 heavy (non-hydrogen) atoms. The number of rotatable bonds is 2. The Kier molecular flexibility index (Phi) is 3.59. The van der Waals surface area contributed by atoms with Gasteiger partial charge in [-0.25, -0.2) is 4.79 Å². The Morgan fingerprint density at radius 2 is 1.87 bits per heavy atom. The molecule has 1 aliphatic rings. The van der Waals surface area contributed by atoms with Gasteiger partial charge < -0.3 is 4.74 Å². The molecule has 0 amide bonds. The standard InChI is InChI=1S/C11H12O2S2/c1-13-10(12)8-2-4-9(5-3-8)11-14-6-7-15-11/h2-5,11H,6-7H2,1H3. The summed E-state index contributed by atoms with van der Waals surface area (Å²) in [5.74, 6) is 2.16. The molecule has 4 heteroatoms. The Morgan fingerprint density at radius 1 is 1.27 bits per heavy atom. The molecule has 0 atom stereocenters. The molecule has 0 saturated carbocycles. The average molecular weight is 240 g/mol. The predicted molar refractivity (Wildman–Crippen MR) is 65.4 cm³/mol. The van der Waals surface area contributed by atoms with Crippen molar-refractivity contribution in [3.05, 3.63) is 35.4 Å². The van der Waals surface area contributed by atoms with Crippen LogP contribution >= 0.6 is 23.5 Å². The van der Waals surface area contributed by atoms with Gasteiger partial charge in [-0.15, -0.1) is 23.5 Å². The fraction of sp³-hybridized carbons (Fsp3) is 0.364. The summed E-state index contributed by atoms with van der Waals surface area (Å²) in [7, 11) is 1.40. The first-order valence-corrected chi connectivity index (χ1v) is 6.82. The molecule has 80 valence electrons. The van der Waals surface area contributed by atoms with E-state index < -0.39 is 0 Å². The fourth-order valence-electron chi connectivity index (χ4n) is 1.45. The molecule has 0 N–H and O–H groups in total. The van der Waals surface area contributed by atoms with Crippen LogP contribution in [0.25, 0.3) is 0 Å². The van der Waals surface area contributed by atoms with Crippen molar-refractivity contribution in [2.45, 2.75) is 4.58 Å². The van der Waals surface area contributed by atoms with Gasteiger partial charge in [-0.1, -0.05) is 12.1 Å². The van der Waals surface area contributed by atoms with Crippen molar-refractivity contribution in [3.63, 3.8) is 0 Å². The van der Waals surface area contributed by atoms with Crippen LogP contribution in [0.3, 0.4) is 0 Å². The molecule has 2 rings (SSSR count). The highest BCUT2D eigenvalue weighted by atomic mass is 32.2. The summed E-state index contributed by atoms with van der Waals surface area (Å²) in [5, 5.41) is 0. The Bertz CT molecular complexity index is 342. The quantitative estimate of drug-likeness (QED) is 0.742. The largest absolute Gasteiger partial charge is 0.465 e. The maximum atomic E-state index is 11.2. The number of esters is 1. The van der Waals surface area contributed by atoms with E-state index in [4.69, 9.17) is 0 Å². The molecule has 2 nitrogen and oxygen atoms in total. The number of hydrogen-bond donors (Lipinski definition) is 0. The van der Waals surface area contributed by atoms with Crippen LogP contribution in [0.1, 0.15) is 20.5 Å². The van der Waals surface area contributed by atoms with E-state index in [2.05, 4.69) is 4.74 Å². The van der Waals surface area contributed by atoms with Crippen LogP contribution in [0.4, 0.5) is 0 Å². The maximum absolute atomic E-state index is 11.2. The van der Waals surface area contributed by atoms with Crippen molar-refractivity contribution >= 4 is 29.5 Å². The van der Waals surface area contributed by atoms with Gasteiger partial charge in [-0.2, -0.15) is 0 Å². The molecule has 0 aliphatic carbocycles. The van der Waals surface area contributed by atoms with Crippen molar-refractivity contribution in [1.29, 1.82) is 0 Å². The van der Waals surface area contributed by atoms with Crippen LogP contribution in [0.15, 0.2) is 24.3 Å². The van der Waals surface area contributed by atoms with E-state index in [-0.39, 0.29) is 5.97 Å². The summed E-state index contributed by atoms with van der Waals surface area (Å²) in [6, 6.07) is 7.70. The van der Waals surface area contributed by atoms with E-state index in [0.717, 1.165) is 0 Å². The first kappa shape index (κ1) is 10.9. The molecule has 1 aromatic carbocycles. The molecule has 0 bridgehead atoms. The molecule has 1 heterocycles. The predicted octanol–water partition coefficient (Wildman–Crippen LogP) is 2.95. The molecule has 1 fully saturated rings. The van der Waals surface area contributed by atoms with Crippen molar-refractivity contribution < 1.29 is 9.53 Å². The zero-order chi connectivity index (χ0) is 10.7. The number of carbonyl (C=O) groups is 1. The highest BCUT2D eigenvalue weighted by molar-refractivity contribution is 8.19. The minimum absolute atomic E-state index is 0.270. The number of ether oxygens (including phenoxy) is 1. The minimum atomic E-state index is -0.270. The Balaban J connectivity index is 2.12. The van der Waals surface area contributed by atoms with Crippen LogP contribution in [0.2, 0.25) is 0 Å². The Hall–Kier alpha value is -0.610. The fourth-order valence-corrected chi connectivity index (χ4v) is 4.30. The van der Waals surface area contributed by atoms with Gasteiger partial charge in [-0.3, -0.25) is 0 Å². The van der Waals surface area contributed by atoms with E-state index in [1.165, 1.54) is 24.2 Å². The van der Waals surface area contributed by atoms with E-state index >= 15 is 0 Å². The Morgan fingerprint density at radius 3 is 2.40 bits per heavy atom. The third-order valence-electron chi connectivity index (χ3n) is 2.23. The Labute approximate surface area is 97.8 Å². The third-order valence-corrected chi connectivity index (χ3v) is 5.33. The molecule has 1 aromatic rings. The molecule has 0 radical (unpaired) electrons. The number of methoxy groups -OCH3 is 1. The summed E-state index contributed by atoms with van der Waals surface area (Å²) < 4.78 is 5.19.